The number of amides is 1. The van der Waals surface area contributed by atoms with Gasteiger partial charge in [0.1, 0.15) is 0 Å². The van der Waals surface area contributed by atoms with Crippen molar-refractivity contribution in [1.82, 2.24) is 5.32 Å². The topological polar surface area (TPSA) is 84.9 Å². The number of hydrogen-bond acceptors (Lipinski definition) is 5. The van der Waals surface area contributed by atoms with Gasteiger partial charge in [0.05, 0.1) is 25.9 Å². The number of nitrogens with one attached hydrogen (secondary N) is 1. The molecule has 0 spiro atoms. The Morgan fingerprint density at radius 3 is 2.27 bits per heavy atom. The van der Waals surface area contributed by atoms with Gasteiger partial charge in [-0.05, 0) is 38.0 Å². The van der Waals surface area contributed by atoms with Gasteiger partial charge in [-0.25, -0.2) is 8.42 Å². The molecule has 7 nitrogen and oxygen atoms in total. The lowest BCUT2D eigenvalue weighted by molar-refractivity contribution is -0.117. The number of rotatable bonds is 6. The van der Waals surface area contributed by atoms with Crippen LogP contribution >= 0.6 is 0 Å². The average Bonchev–Trinajstić information content (AvgIpc) is 2.73. The van der Waals surface area contributed by atoms with Crippen molar-refractivity contribution in [3.05, 3.63) is 58.5 Å². The number of hydrogen-bond donors (Lipinski definition) is 1. The second-order valence-corrected chi connectivity index (χ2v) is 8.75. The minimum Gasteiger partial charge on any atom is -0.493 e. The Balaban J connectivity index is 2.12. The zero-order valence-corrected chi connectivity index (χ0v) is 18.5. The standard InChI is InChI=1S/C22H26N2O5S/c1-6-24-18-13-20(29-5)19(28-4)12-17(18)14(2)21(30(24,26)27)22(25)23-15(3)16-10-8-7-9-11-16/h7-13,15H,6H2,1-5H3,(H,23,25)/t15-/m0/s1. The van der Waals surface area contributed by atoms with Gasteiger partial charge in [0.25, 0.3) is 15.9 Å². The van der Waals surface area contributed by atoms with E-state index in [1.165, 1.54) is 18.5 Å². The van der Waals surface area contributed by atoms with Gasteiger partial charge in [0.15, 0.2) is 16.4 Å². The van der Waals surface area contributed by atoms with Crippen LogP contribution in [0.2, 0.25) is 0 Å². The zero-order valence-electron chi connectivity index (χ0n) is 17.7. The van der Waals surface area contributed by atoms with Crippen LogP contribution in [0.1, 0.15) is 37.9 Å². The van der Waals surface area contributed by atoms with E-state index in [1.807, 2.05) is 37.3 Å². The minimum absolute atomic E-state index is 0.170. The number of anilines is 1. The van der Waals surface area contributed by atoms with Crippen molar-refractivity contribution in [1.29, 1.82) is 0 Å². The lowest BCUT2D eigenvalue weighted by atomic mass is 10.0. The van der Waals surface area contributed by atoms with Crippen molar-refractivity contribution in [3.63, 3.8) is 0 Å². The van der Waals surface area contributed by atoms with E-state index in [2.05, 4.69) is 5.32 Å². The van der Waals surface area contributed by atoms with Crippen LogP contribution in [-0.4, -0.2) is 35.1 Å². The quantitative estimate of drug-likeness (QED) is 0.758. The molecular weight excluding hydrogens is 404 g/mol. The van der Waals surface area contributed by atoms with Crippen LogP contribution in [0.15, 0.2) is 47.4 Å². The fourth-order valence-electron chi connectivity index (χ4n) is 3.65. The third-order valence-corrected chi connectivity index (χ3v) is 7.25. The fraction of sp³-hybridized carbons (Fsp3) is 0.318. The summed E-state index contributed by atoms with van der Waals surface area (Å²) >= 11 is 0. The van der Waals surface area contributed by atoms with E-state index in [0.29, 0.717) is 28.3 Å². The highest BCUT2D eigenvalue weighted by atomic mass is 32.2. The van der Waals surface area contributed by atoms with Crippen LogP contribution in [0.5, 0.6) is 11.5 Å². The monoisotopic (exact) mass is 430 g/mol. The molecule has 1 N–H and O–H groups in total. The Kier molecular flexibility index (Phi) is 6.07. The molecule has 1 aliphatic rings. The second kappa shape index (κ2) is 8.39. The molecule has 1 aliphatic heterocycles. The van der Waals surface area contributed by atoms with E-state index in [-0.39, 0.29) is 17.5 Å². The molecule has 1 atom stereocenters. The summed E-state index contributed by atoms with van der Waals surface area (Å²) in [5.41, 5.74) is 2.33. The predicted octanol–water partition coefficient (Wildman–Crippen LogP) is 3.48. The smallest absolute Gasteiger partial charge is 0.270 e. The van der Waals surface area contributed by atoms with Gasteiger partial charge in [-0.1, -0.05) is 30.3 Å². The first-order valence-corrected chi connectivity index (χ1v) is 11.1. The normalized spacial score (nSPS) is 16.0. The second-order valence-electron chi connectivity index (χ2n) is 6.95. The molecule has 0 fully saturated rings. The van der Waals surface area contributed by atoms with Gasteiger partial charge >= 0.3 is 0 Å². The third kappa shape index (κ3) is 3.63. The zero-order chi connectivity index (χ0) is 22.1. The predicted molar refractivity (Wildman–Crippen MR) is 117 cm³/mol. The Morgan fingerprint density at radius 1 is 1.10 bits per heavy atom. The fourth-order valence-corrected chi connectivity index (χ4v) is 5.41. The van der Waals surface area contributed by atoms with E-state index in [9.17, 15) is 13.2 Å². The summed E-state index contributed by atoms with van der Waals surface area (Å²) in [6, 6.07) is 12.4. The van der Waals surface area contributed by atoms with Crippen molar-refractivity contribution in [2.24, 2.45) is 0 Å². The molecule has 0 unspecified atom stereocenters. The van der Waals surface area contributed by atoms with Crippen LogP contribution in [-0.2, 0) is 14.8 Å². The summed E-state index contributed by atoms with van der Waals surface area (Å²) in [4.78, 5) is 12.9. The molecule has 1 amide bonds. The van der Waals surface area contributed by atoms with Crippen LogP contribution in [0, 0.1) is 0 Å². The van der Waals surface area contributed by atoms with Gasteiger partial charge in [-0.3, -0.25) is 9.10 Å². The van der Waals surface area contributed by atoms with E-state index >= 15 is 0 Å². The van der Waals surface area contributed by atoms with E-state index in [4.69, 9.17) is 9.47 Å². The Hall–Kier alpha value is -3.00. The molecule has 0 aliphatic carbocycles. The molecule has 0 bridgehead atoms. The van der Waals surface area contributed by atoms with Crippen molar-refractivity contribution in [3.8, 4) is 11.5 Å². The van der Waals surface area contributed by atoms with Crippen molar-refractivity contribution >= 4 is 27.2 Å². The molecule has 0 saturated carbocycles. The Bertz CT molecular complexity index is 1090. The van der Waals surface area contributed by atoms with Crippen molar-refractivity contribution < 1.29 is 22.7 Å². The number of allylic oxidation sites excluding steroid dienone is 1. The highest BCUT2D eigenvalue weighted by Gasteiger charge is 2.40. The molecule has 8 heteroatoms. The van der Waals surface area contributed by atoms with Crippen molar-refractivity contribution in [2.45, 2.75) is 26.8 Å². The highest BCUT2D eigenvalue weighted by Crippen LogP contribution is 2.44. The van der Waals surface area contributed by atoms with Crippen LogP contribution in [0.4, 0.5) is 5.69 Å². The molecule has 0 radical (unpaired) electrons. The van der Waals surface area contributed by atoms with Gasteiger partial charge in [0.2, 0.25) is 0 Å². The molecule has 0 aromatic heterocycles. The maximum Gasteiger partial charge on any atom is 0.270 e. The van der Waals surface area contributed by atoms with Crippen LogP contribution in [0.25, 0.3) is 5.57 Å². The van der Waals surface area contributed by atoms with Gasteiger partial charge < -0.3 is 14.8 Å². The van der Waals surface area contributed by atoms with Crippen LogP contribution in [0.3, 0.4) is 0 Å². The first-order chi connectivity index (χ1) is 14.3. The molecule has 160 valence electrons. The molecule has 0 saturated heterocycles. The van der Waals surface area contributed by atoms with Gasteiger partial charge in [0, 0.05) is 18.2 Å². The number of nitrogens with zero attached hydrogens (tertiary/aromatic N) is 1. The Labute approximate surface area is 177 Å². The number of carbonyl (C=O) groups is 1. The lowest BCUT2D eigenvalue weighted by Crippen LogP contribution is -2.41. The first kappa shape index (κ1) is 21.7. The molecule has 2 aromatic carbocycles. The number of ether oxygens (including phenoxy) is 2. The van der Waals surface area contributed by atoms with E-state index < -0.39 is 15.9 Å². The summed E-state index contributed by atoms with van der Waals surface area (Å²) in [5, 5.41) is 2.82. The minimum atomic E-state index is -4.04. The highest BCUT2D eigenvalue weighted by molar-refractivity contribution is 7.97. The number of methoxy groups -OCH3 is 2. The summed E-state index contributed by atoms with van der Waals surface area (Å²) in [7, 11) is -1.04. The summed E-state index contributed by atoms with van der Waals surface area (Å²) in [5.74, 6) is 0.245. The number of fused-ring (bicyclic) bond motifs is 1. The molecule has 3 rings (SSSR count). The average molecular weight is 431 g/mol. The van der Waals surface area contributed by atoms with Gasteiger partial charge in [-0.15, -0.1) is 0 Å². The maximum absolute atomic E-state index is 13.4. The van der Waals surface area contributed by atoms with Crippen LogP contribution < -0.4 is 19.1 Å². The third-order valence-electron chi connectivity index (χ3n) is 5.20. The van der Waals surface area contributed by atoms with Gasteiger partial charge in [-0.2, -0.15) is 0 Å². The molecule has 30 heavy (non-hydrogen) atoms. The lowest BCUT2D eigenvalue weighted by Gasteiger charge is -2.32. The molecular formula is C22H26N2O5S. The number of sulfonamides is 1. The first-order valence-electron chi connectivity index (χ1n) is 9.62. The van der Waals surface area contributed by atoms with E-state index in [1.54, 1.807) is 26.0 Å². The number of carbonyl (C=O) groups excluding carboxylic acids is 1. The number of benzene rings is 2. The SMILES string of the molecule is CCN1c2cc(OC)c(OC)cc2C(C)=C(C(=O)N[C@@H](C)c2ccccc2)S1(=O)=O. The van der Waals surface area contributed by atoms with E-state index in [0.717, 1.165) is 5.56 Å². The van der Waals surface area contributed by atoms with Crippen molar-refractivity contribution in [2.75, 3.05) is 25.1 Å². The Morgan fingerprint density at radius 2 is 1.70 bits per heavy atom. The molecule has 2 aromatic rings. The maximum atomic E-state index is 13.4. The summed E-state index contributed by atoms with van der Waals surface area (Å²) < 4.78 is 38.7. The molecule has 1 heterocycles. The largest absolute Gasteiger partial charge is 0.493 e. The summed E-state index contributed by atoms with van der Waals surface area (Å²) in [6.07, 6.45) is 0. The summed E-state index contributed by atoms with van der Waals surface area (Å²) in [6.45, 7) is 5.35.